The van der Waals surface area contributed by atoms with Gasteiger partial charge in [-0.25, -0.2) is 9.97 Å². The monoisotopic (exact) mass is 378 g/mol. The summed E-state index contributed by atoms with van der Waals surface area (Å²) >= 11 is 0. The summed E-state index contributed by atoms with van der Waals surface area (Å²) in [5, 5.41) is 3.36. The van der Waals surface area contributed by atoms with Crippen molar-refractivity contribution in [3.05, 3.63) is 52.6 Å². The van der Waals surface area contributed by atoms with Gasteiger partial charge in [0.05, 0.1) is 0 Å². The van der Waals surface area contributed by atoms with Crippen molar-refractivity contribution < 1.29 is 9.53 Å². The number of piperidine rings is 1. The summed E-state index contributed by atoms with van der Waals surface area (Å²) in [6.07, 6.45) is 6.01. The number of carbonyl (C=O) groups excluding carboxylic acids is 1. The fourth-order valence-corrected chi connectivity index (χ4v) is 4.56. The molecule has 2 aromatic rings. The van der Waals surface area contributed by atoms with Crippen LogP contribution in [0, 0.1) is 0 Å². The van der Waals surface area contributed by atoms with Crippen molar-refractivity contribution in [2.45, 2.75) is 51.2 Å². The van der Waals surface area contributed by atoms with E-state index in [0.717, 1.165) is 68.0 Å². The standard InChI is InChI=1S/C22H26N4O2/c1-14-9-17-10-15(4-5-20(17)28-14)22(27)26-8-2-3-16(13-26)21-24-12-18-11-23-7-6-19(18)25-21/h4-5,10,12,14,16,23H,2-3,6-9,11,13H2,1H3/t14-,16+/m1/s1. The van der Waals surface area contributed by atoms with E-state index >= 15 is 0 Å². The van der Waals surface area contributed by atoms with Gasteiger partial charge >= 0.3 is 0 Å². The van der Waals surface area contributed by atoms with Crippen LogP contribution in [0.4, 0.5) is 0 Å². The summed E-state index contributed by atoms with van der Waals surface area (Å²) in [6.45, 7) is 5.38. The zero-order valence-corrected chi connectivity index (χ0v) is 16.3. The highest BCUT2D eigenvalue weighted by Gasteiger charge is 2.29. The molecule has 3 aliphatic heterocycles. The van der Waals surface area contributed by atoms with E-state index in [1.54, 1.807) is 0 Å². The molecule has 0 saturated carbocycles. The Morgan fingerprint density at radius 1 is 1.32 bits per heavy atom. The van der Waals surface area contributed by atoms with Crippen molar-refractivity contribution in [1.29, 1.82) is 0 Å². The third-order valence-corrected chi connectivity index (χ3v) is 6.04. The number of likely N-dealkylation sites (tertiary alicyclic amines) is 1. The van der Waals surface area contributed by atoms with Gasteiger partial charge in [0.25, 0.3) is 5.91 Å². The molecule has 6 nitrogen and oxygen atoms in total. The predicted molar refractivity (Wildman–Crippen MR) is 106 cm³/mol. The number of nitrogens with zero attached hydrogens (tertiary/aromatic N) is 3. The molecule has 6 heteroatoms. The molecule has 0 unspecified atom stereocenters. The topological polar surface area (TPSA) is 67.4 Å². The first kappa shape index (κ1) is 17.6. The molecule has 1 fully saturated rings. The van der Waals surface area contributed by atoms with Crippen LogP contribution in [-0.4, -0.2) is 46.5 Å². The number of hydrogen-bond donors (Lipinski definition) is 1. The van der Waals surface area contributed by atoms with Gasteiger partial charge in [0.15, 0.2) is 0 Å². The molecule has 0 spiro atoms. The van der Waals surface area contributed by atoms with Gasteiger partial charge in [0.2, 0.25) is 0 Å². The summed E-state index contributed by atoms with van der Waals surface area (Å²) in [6, 6.07) is 5.84. The normalized spacial score (nSPS) is 23.7. The average molecular weight is 378 g/mol. The largest absolute Gasteiger partial charge is 0.490 e. The van der Waals surface area contributed by atoms with Crippen LogP contribution in [-0.2, 0) is 19.4 Å². The number of ether oxygens (including phenoxy) is 1. The van der Waals surface area contributed by atoms with Crippen molar-refractivity contribution in [2.24, 2.45) is 0 Å². The van der Waals surface area contributed by atoms with Crippen molar-refractivity contribution in [3.63, 3.8) is 0 Å². The Labute approximate surface area is 165 Å². The Kier molecular flexibility index (Phi) is 4.51. The first-order valence-corrected chi connectivity index (χ1v) is 10.3. The first-order chi connectivity index (χ1) is 13.7. The average Bonchev–Trinajstić information content (AvgIpc) is 3.12. The Morgan fingerprint density at radius 2 is 2.25 bits per heavy atom. The molecular formula is C22H26N4O2. The van der Waals surface area contributed by atoms with Crippen LogP contribution in [0.2, 0.25) is 0 Å². The van der Waals surface area contributed by atoms with Crippen LogP contribution in [0.3, 0.4) is 0 Å². The summed E-state index contributed by atoms with van der Waals surface area (Å²) in [4.78, 5) is 24.6. The number of benzene rings is 1. The second kappa shape index (κ2) is 7.17. The van der Waals surface area contributed by atoms with Crippen molar-refractivity contribution >= 4 is 5.91 Å². The van der Waals surface area contributed by atoms with E-state index in [0.29, 0.717) is 6.54 Å². The molecule has 0 bridgehead atoms. The fraction of sp³-hybridized carbons (Fsp3) is 0.500. The Bertz CT molecular complexity index is 913. The minimum atomic E-state index is 0.106. The third-order valence-electron chi connectivity index (χ3n) is 6.04. The number of amides is 1. The number of rotatable bonds is 2. The van der Waals surface area contributed by atoms with Crippen LogP contribution in [0.5, 0.6) is 5.75 Å². The molecule has 0 aliphatic carbocycles. The van der Waals surface area contributed by atoms with Gasteiger partial charge in [0, 0.05) is 68.0 Å². The molecular weight excluding hydrogens is 352 g/mol. The lowest BCUT2D eigenvalue weighted by molar-refractivity contribution is 0.0704. The maximum absolute atomic E-state index is 13.1. The molecule has 1 N–H and O–H groups in total. The van der Waals surface area contributed by atoms with E-state index in [1.807, 2.05) is 29.3 Å². The molecule has 1 aromatic heterocycles. The highest BCUT2D eigenvalue weighted by molar-refractivity contribution is 5.94. The fourth-order valence-electron chi connectivity index (χ4n) is 4.56. The van der Waals surface area contributed by atoms with Crippen LogP contribution in [0.15, 0.2) is 24.4 Å². The molecule has 5 rings (SSSR count). The molecule has 1 saturated heterocycles. The maximum Gasteiger partial charge on any atom is 0.253 e. The minimum Gasteiger partial charge on any atom is -0.490 e. The molecule has 1 amide bonds. The summed E-state index contributed by atoms with van der Waals surface area (Å²) in [5.41, 5.74) is 4.27. The Balaban J connectivity index is 1.33. The second-order valence-electron chi connectivity index (χ2n) is 8.17. The number of carbonyl (C=O) groups is 1. The van der Waals surface area contributed by atoms with Crippen LogP contribution in [0.1, 0.15) is 58.7 Å². The number of hydrogen-bond acceptors (Lipinski definition) is 5. The smallest absolute Gasteiger partial charge is 0.253 e. The van der Waals surface area contributed by atoms with Gasteiger partial charge in [0.1, 0.15) is 17.7 Å². The molecule has 2 atom stereocenters. The number of fused-ring (bicyclic) bond motifs is 2. The van der Waals surface area contributed by atoms with E-state index in [4.69, 9.17) is 9.72 Å². The van der Waals surface area contributed by atoms with Crippen LogP contribution < -0.4 is 10.1 Å². The SMILES string of the molecule is C[C@@H]1Cc2cc(C(=O)N3CCC[C@H](c4ncc5c(n4)CCNC5)C3)ccc2O1. The summed E-state index contributed by atoms with van der Waals surface area (Å²) in [5.74, 6) is 2.14. The minimum absolute atomic E-state index is 0.106. The van der Waals surface area contributed by atoms with Gasteiger partial charge in [-0.2, -0.15) is 0 Å². The highest BCUT2D eigenvalue weighted by atomic mass is 16.5. The molecule has 4 heterocycles. The zero-order valence-electron chi connectivity index (χ0n) is 16.3. The van der Waals surface area contributed by atoms with E-state index in [1.165, 1.54) is 11.3 Å². The molecule has 1 aromatic carbocycles. The number of aromatic nitrogens is 2. The van der Waals surface area contributed by atoms with Crippen LogP contribution >= 0.6 is 0 Å². The summed E-state index contributed by atoms with van der Waals surface area (Å²) in [7, 11) is 0. The zero-order chi connectivity index (χ0) is 19.1. The summed E-state index contributed by atoms with van der Waals surface area (Å²) < 4.78 is 5.76. The first-order valence-electron chi connectivity index (χ1n) is 10.3. The molecule has 28 heavy (non-hydrogen) atoms. The van der Waals surface area contributed by atoms with E-state index < -0.39 is 0 Å². The lowest BCUT2D eigenvalue weighted by Gasteiger charge is -2.32. The lowest BCUT2D eigenvalue weighted by atomic mass is 9.95. The van der Waals surface area contributed by atoms with Crippen molar-refractivity contribution in [3.8, 4) is 5.75 Å². The van der Waals surface area contributed by atoms with Gasteiger partial charge in [-0.1, -0.05) is 0 Å². The van der Waals surface area contributed by atoms with E-state index in [9.17, 15) is 4.79 Å². The molecule has 3 aliphatic rings. The van der Waals surface area contributed by atoms with Crippen molar-refractivity contribution in [2.75, 3.05) is 19.6 Å². The van der Waals surface area contributed by atoms with Crippen molar-refractivity contribution in [1.82, 2.24) is 20.2 Å². The Morgan fingerprint density at radius 3 is 3.18 bits per heavy atom. The molecule has 0 radical (unpaired) electrons. The number of nitrogens with one attached hydrogen (secondary N) is 1. The Hall–Kier alpha value is -2.47. The third kappa shape index (κ3) is 3.26. The highest BCUT2D eigenvalue weighted by Crippen LogP contribution is 2.31. The molecule has 146 valence electrons. The van der Waals surface area contributed by atoms with Gasteiger partial charge in [-0.05, 0) is 43.5 Å². The second-order valence-corrected chi connectivity index (χ2v) is 8.17. The predicted octanol–water partition coefficient (Wildman–Crippen LogP) is 2.47. The van der Waals surface area contributed by atoms with E-state index in [2.05, 4.69) is 17.2 Å². The maximum atomic E-state index is 13.1. The van der Waals surface area contributed by atoms with Gasteiger partial charge in [-0.3, -0.25) is 4.79 Å². The van der Waals surface area contributed by atoms with Gasteiger partial charge in [-0.15, -0.1) is 0 Å². The quantitative estimate of drug-likeness (QED) is 0.870. The van der Waals surface area contributed by atoms with Crippen LogP contribution in [0.25, 0.3) is 0 Å². The van der Waals surface area contributed by atoms with E-state index in [-0.39, 0.29) is 17.9 Å². The van der Waals surface area contributed by atoms with Gasteiger partial charge < -0.3 is 15.0 Å². The lowest BCUT2D eigenvalue weighted by Crippen LogP contribution is -2.39.